The third-order valence-corrected chi connectivity index (χ3v) is 5.52. The van der Waals surface area contributed by atoms with E-state index in [9.17, 15) is 18.0 Å². The lowest BCUT2D eigenvalue weighted by Crippen LogP contribution is -2.35. The molecule has 1 amide bonds. The fraction of sp³-hybridized carbons (Fsp3) is 0.409. The summed E-state index contributed by atoms with van der Waals surface area (Å²) in [5.74, 6) is -0.429. The van der Waals surface area contributed by atoms with Crippen LogP contribution in [0.1, 0.15) is 61.0 Å². The molecule has 158 valence electrons. The fourth-order valence-electron chi connectivity index (χ4n) is 3.95. The Bertz CT molecular complexity index is 1020. The molecule has 5 nitrogen and oxygen atoms in total. The maximum Gasteiger partial charge on any atom is 0.433 e. The van der Waals surface area contributed by atoms with Gasteiger partial charge in [0.1, 0.15) is 5.56 Å². The molecule has 2 aromatic heterocycles. The first-order valence-electron chi connectivity index (χ1n) is 10.3. The van der Waals surface area contributed by atoms with Crippen LogP contribution in [0.4, 0.5) is 13.2 Å². The molecule has 8 heteroatoms. The van der Waals surface area contributed by atoms with E-state index in [-0.39, 0.29) is 22.9 Å². The summed E-state index contributed by atoms with van der Waals surface area (Å²) in [5.41, 5.74) is -0.308. The lowest BCUT2D eigenvalue weighted by atomic mass is 9.96. The summed E-state index contributed by atoms with van der Waals surface area (Å²) >= 11 is 0. The van der Waals surface area contributed by atoms with Crippen LogP contribution in [0.3, 0.4) is 0 Å². The van der Waals surface area contributed by atoms with Gasteiger partial charge in [0.05, 0.1) is 11.9 Å². The van der Waals surface area contributed by atoms with Crippen molar-refractivity contribution in [3.05, 3.63) is 53.9 Å². The Labute approximate surface area is 172 Å². The molecule has 4 rings (SSSR count). The molecule has 1 aliphatic carbocycles. The molecule has 0 saturated heterocycles. The van der Waals surface area contributed by atoms with Crippen LogP contribution in [0.5, 0.6) is 0 Å². The first kappa shape index (κ1) is 20.4. The summed E-state index contributed by atoms with van der Waals surface area (Å²) in [4.78, 5) is 17.3. The summed E-state index contributed by atoms with van der Waals surface area (Å²) < 4.78 is 41.8. The minimum atomic E-state index is -4.63. The molecule has 0 radical (unpaired) electrons. The Hall–Kier alpha value is -2.90. The minimum absolute atomic E-state index is 0.0205. The van der Waals surface area contributed by atoms with Crippen molar-refractivity contribution in [3.63, 3.8) is 0 Å². The number of amides is 1. The van der Waals surface area contributed by atoms with Crippen LogP contribution in [0, 0.1) is 0 Å². The van der Waals surface area contributed by atoms with Gasteiger partial charge in [0.2, 0.25) is 0 Å². The highest BCUT2D eigenvalue weighted by Gasteiger charge is 2.36. The van der Waals surface area contributed by atoms with Crippen molar-refractivity contribution >= 4 is 11.6 Å². The van der Waals surface area contributed by atoms with Gasteiger partial charge < -0.3 is 5.32 Å². The highest BCUT2D eigenvalue weighted by atomic mass is 19.4. The van der Waals surface area contributed by atoms with Gasteiger partial charge in [0.25, 0.3) is 5.91 Å². The van der Waals surface area contributed by atoms with Gasteiger partial charge in [-0.05, 0) is 18.9 Å². The van der Waals surface area contributed by atoms with Gasteiger partial charge in [0.15, 0.2) is 11.3 Å². The van der Waals surface area contributed by atoms with Crippen molar-refractivity contribution < 1.29 is 18.0 Å². The average Bonchev–Trinajstić information content (AvgIpc) is 3.13. The molecule has 0 unspecified atom stereocenters. The SMILES string of the molecule is O=C(NC1CCCCCCC1)c1cnn2c(C(F)(F)F)cc(-c3ccccc3)nc12. The molecule has 0 aliphatic heterocycles. The van der Waals surface area contributed by atoms with E-state index in [0.717, 1.165) is 44.6 Å². The predicted octanol–water partition coefficient (Wildman–Crippen LogP) is 5.26. The first-order chi connectivity index (χ1) is 14.4. The zero-order valence-corrected chi connectivity index (χ0v) is 16.5. The molecule has 2 heterocycles. The number of alkyl halides is 3. The van der Waals surface area contributed by atoms with Crippen LogP contribution in [-0.4, -0.2) is 26.5 Å². The van der Waals surface area contributed by atoms with Crippen LogP contribution in [0.2, 0.25) is 0 Å². The highest BCUT2D eigenvalue weighted by Crippen LogP contribution is 2.32. The predicted molar refractivity (Wildman–Crippen MR) is 107 cm³/mol. The first-order valence-corrected chi connectivity index (χ1v) is 10.3. The van der Waals surface area contributed by atoms with E-state index in [1.165, 1.54) is 12.6 Å². The molecule has 0 bridgehead atoms. The number of aromatic nitrogens is 3. The number of carbonyl (C=O) groups excluding carboxylic acids is 1. The van der Waals surface area contributed by atoms with Gasteiger partial charge in [0, 0.05) is 11.6 Å². The smallest absolute Gasteiger partial charge is 0.349 e. The maximum atomic E-state index is 13.7. The summed E-state index contributed by atoms with van der Waals surface area (Å²) in [6, 6.07) is 9.59. The van der Waals surface area contributed by atoms with E-state index in [1.807, 2.05) is 0 Å². The van der Waals surface area contributed by atoms with E-state index in [4.69, 9.17) is 0 Å². The van der Waals surface area contributed by atoms with E-state index in [1.54, 1.807) is 30.3 Å². The number of fused-ring (bicyclic) bond motifs is 1. The molecule has 1 aliphatic rings. The zero-order chi connectivity index (χ0) is 21.1. The maximum absolute atomic E-state index is 13.7. The van der Waals surface area contributed by atoms with Crippen LogP contribution in [0.15, 0.2) is 42.6 Å². The third-order valence-electron chi connectivity index (χ3n) is 5.52. The van der Waals surface area contributed by atoms with Gasteiger partial charge >= 0.3 is 6.18 Å². The zero-order valence-electron chi connectivity index (χ0n) is 16.5. The Kier molecular flexibility index (Phi) is 5.74. The largest absolute Gasteiger partial charge is 0.433 e. The molecular weight excluding hydrogens is 393 g/mol. The molecule has 0 spiro atoms. The van der Waals surface area contributed by atoms with Crippen molar-refractivity contribution in [3.8, 4) is 11.3 Å². The van der Waals surface area contributed by atoms with Gasteiger partial charge in [-0.3, -0.25) is 4.79 Å². The molecule has 3 aromatic rings. The third kappa shape index (κ3) is 4.32. The summed E-state index contributed by atoms with van der Waals surface area (Å²) in [6.07, 6.45) is 3.85. The Morgan fingerprint density at radius 1 is 1.03 bits per heavy atom. The van der Waals surface area contributed by atoms with Gasteiger partial charge in [-0.2, -0.15) is 18.3 Å². The van der Waals surface area contributed by atoms with Crippen molar-refractivity contribution in [1.29, 1.82) is 0 Å². The van der Waals surface area contributed by atoms with E-state index in [0.29, 0.717) is 10.1 Å². The second-order valence-corrected chi connectivity index (χ2v) is 7.70. The second kappa shape index (κ2) is 8.45. The minimum Gasteiger partial charge on any atom is -0.349 e. The van der Waals surface area contributed by atoms with E-state index in [2.05, 4.69) is 15.4 Å². The molecule has 1 N–H and O–H groups in total. The van der Waals surface area contributed by atoms with Crippen molar-refractivity contribution in [2.45, 2.75) is 57.2 Å². The number of nitrogens with one attached hydrogen (secondary N) is 1. The monoisotopic (exact) mass is 416 g/mol. The quantitative estimate of drug-likeness (QED) is 0.634. The van der Waals surface area contributed by atoms with Crippen molar-refractivity contribution in [2.24, 2.45) is 0 Å². The molecule has 1 aromatic carbocycles. The number of hydrogen-bond acceptors (Lipinski definition) is 3. The Balaban J connectivity index is 1.72. The fourth-order valence-corrected chi connectivity index (χ4v) is 3.95. The molecule has 1 fully saturated rings. The van der Waals surface area contributed by atoms with Crippen molar-refractivity contribution in [2.75, 3.05) is 0 Å². The number of halogens is 3. The van der Waals surface area contributed by atoms with Gasteiger partial charge in [-0.25, -0.2) is 9.50 Å². The van der Waals surface area contributed by atoms with Gasteiger partial charge in [-0.15, -0.1) is 0 Å². The normalized spacial score (nSPS) is 16.2. The van der Waals surface area contributed by atoms with Crippen LogP contribution >= 0.6 is 0 Å². The Morgan fingerprint density at radius 3 is 2.37 bits per heavy atom. The number of carbonyl (C=O) groups is 1. The molecule has 1 saturated carbocycles. The number of hydrogen-bond donors (Lipinski definition) is 1. The lowest BCUT2D eigenvalue weighted by molar-refractivity contribution is -0.142. The second-order valence-electron chi connectivity index (χ2n) is 7.70. The van der Waals surface area contributed by atoms with E-state index < -0.39 is 17.8 Å². The van der Waals surface area contributed by atoms with Crippen LogP contribution in [-0.2, 0) is 6.18 Å². The molecule has 30 heavy (non-hydrogen) atoms. The number of nitrogens with zero attached hydrogens (tertiary/aromatic N) is 3. The number of rotatable bonds is 3. The van der Waals surface area contributed by atoms with Crippen LogP contribution < -0.4 is 5.32 Å². The molecule has 0 atom stereocenters. The highest BCUT2D eigenvalue weighted by molar-refractivity contribution is 6.00. The topological polar surface area (TPSA) is 59.3 Å². The molecular formula is C22H23F3N4O. The van der Waals surface area contributed by atoms with Crippen molar-refractivity contribution in [1.82, 2.24) is 19.9 Å². The Morgan fingerprint density at radius 2 is 1.70 bits per heavy atom. The summed E-state index contributed by atoms with van der Waals surface area (Å²) in [6.45, 7) is 0. The number of benzene rings is 1. The summed E-state index contributed by atoms with van der Waals surface area (Å²) in [5, 5.41) is 6.83. The van der Waals surface area contributed by atoms with E-state index >= 15 is 0 Å². The lowest BCUT2D eigenvalue weighted by Gasteiger charge is -2.20. The standard InChI is InChI=1S/C22H23F3N4O/c23-22(24,25)19-13-18(15-9-5-4-6-10-15)28-20-17(14-26-29(19)20)21(30)27-16-11-7-2-1-3-8-12-16/h4-6,9-10,13-14,16H,1-3,7-8,11-12H2,(H,27,30). The summed E-state index contributed by atoms with van der Waals surface area (Å²) in [7, 11) is 0. The van der Waals surface area contributed by atoms with Crippen LogP contribution in [0.25, 0.3) is 16.9 Å². The average molecular weight is 416 g/mol. The van der Waals surface area contributed by atoms with Gasteiger partial charge in [-0.1, -0.05) is 62.4 Å².